The van der Waals surface area contributed by atoms with E-state index in [1.54, 1.807) is 0 Å². The largest absolute Gasteiger partial charge is 0.394 e. The van der Waals surface area contributed by atoms with Crippen LogP contribution in [0.4, 0.5) is 5.82 Å². The minimum absolute atomic E-state index is 0.0808. The SMILES string of the molecule is Nc1ccn([C@H]2C[C@H](O[C@@H]3O[C@H](CO)[C@@H](O)[C@H]3O)[C@@H](CO)O2)c(=O)n1. The zero-order chi connectivity index (χ0) is 18.1. The van der Waals surface area contributed by atoms with Crippen LogP contribution in [0.25, 0.3) is 0 Å². The van der Waals surface area contributed by atoms with E-state index in [1.807, 2.05) is 0 Å². The summed E-state index contributed by atoms with van der Waals surface area (Å²) in [5, 5.41) is 38.3. The predicted octanol–water partition coefficient (Wildman–Crippen LogP) is -3.07. The maximum atomic E-state index is 11.9. The molecule has 3 rings (SSSR count). The maximum Gasteiger partial charge on any atom is 0.351 e. The van der Waals surface area contributed by atoms with Gasteiger partial charge in [-0.05, 0) is 6.07 Å². The summed E-state index contributed by atoms with van der Waals surface area (Å²) in [5.41, 5.74) is 4.85. The molecule has 140 valence electrons. The Bertz CT molecular complexity index is 655. The van der Waals surface area contributed by atoms with Gasteiger partial charge in [0.05, 0.1) is 19.3 Å². The summed E-state index contributed by atoms with van der Waals surface area (Å²) >= 11 is 0. The van der Waals surface area contributed by atoms with Gasteiger partial charge in [-0.2, -0.15) is 4.98 Å². The number of hydrogen-bond acceptors (Lipinski definition) is 10. The van der Waals surface area contributed by atoms with E-state index in [1.165, 1.54) is 16.8 Å². The lowest BCUT2D eigenvalue weighted by Crippen LogP contribution is -2.38. The smallest absolute Gasteiger partial charge is 0.351 e. The summed E-state index contributed by atoms with van der Waals surface area (Å²) in [4.78, 5) is 15.5. The number of aromatic nitrogens is 2. The molecule has 0 spiro atoms. The fraction of sp³-hybridized carbons (Fsp3) is 0.714. The van der Waals surface area contributed by atoms with Crippen molar-refractivity contribution in [1.29, 1.82) is 0 Å². The van der Waals surface area contributed by atoms with Gasteiger partial charge < -0.3 is 40.4 Å². The molecule has 1 aromatic heterocycles. The first-order chi connectivity index (χ1) is 11.9. The van der Waals surface area contributed by atoms with Gasteiger partial charge in [-0.1, -0.05) is 0 Å². The summed E-state index contributed by atoms with van der Waals surface area (Å²) < 4.78 is 17.7. The standard InChI is InChI=1S/C14H21N3O8/c15-9-1-2-17(14(22)16-9)10-3-6(7(4-18)23-10)24-13-12(21)11(20)8(5-19)25-13/h1-2,6-8,10-13,18-21H,3-5H2,(H2,15,16,22)/t6-,7+,8+,10+,11+,12+,13+/m0/s1. The van der Waals surface area contributed by atoms with Crippen molar-refractivity contribution < 1.29 is 34.6 Å². The lowest BCUT2D eigenvalue weighted by atomic mass is 10.1. The fourth-order valence-corrected chi connectivity index (χ4v) is 2.97. The van der Waals surface area contributed by atoms with Crippen molar-refractivity contribution in [3.8, 4) is 0 Å². The molecule has 11 nitrogen and oxygen atoms in total. The maximum absolute atomic E-state index is 11.9. The van der Waals surface area contributed by atoms with Crippen molar-refractivity contribution in [2.75, 3.05) is 18.9 Å². The number of ether oxygens (including phenoxy) is 3. The van der Waals surface area contributed by atoms with Crippen molar-refractivity contribution in [2.45, 2.75) is 49.5 Å². The van der Waals surface area contributed by atoms with Gasteiger partial charge in [-0.15, -0.1) is 0 Å². The number of aliphatic hydroxyl groups excluding tert-OH is 4. The number of nitrogens with two attached hydrogens (primary N) is 1. The number of aliphatic hydroxyl groups is 4. The molecule has 7 atom stereocenters. The fourth-order valence-electron chi connectivity index (χ4n) is 2.97. The van der Waals surface area contributed by atoms with E-state index in [0.717, 1.165) is 0 Å². The second-order valence-corrected chi connectivity index (χ2v) is 5.97. The first-order valence-corrected chi connectivity index (χ1v) is 7.83. The van der Waals surface area contributed by atoms with Crippen LogP contribution in [0.5, 0.6) is 0 Å². The average molecular weight is 359 g/mol. The second kappa shape index (κ2) is 7.33. The van der Waals surface area contributed by atoms with Crippen LogP contribution in [-0.2, 0) is 14.2 Å². The summed E-state index contributed by atoms with van der Waals surface area (Å²) in [6, 6.07) is 1.44. The summed E-state index contributed by atoms with van der Waals surface area (Å²) in [6.07, 6.45) is -5.38. The van der Waals surface area contributed by atoms with Gasteiger partial charge in [0, 0.05) is 12.6 Å². The highest BCUT2D eigenvalue weighted by atomic mass is 16.7. The first-order valence-electron chi connectivity index (χ1n) is 7.83. The van der Waals surface area contributed by atoms with E-state index < -0.39 is 55.3 Å². The molecule has 0 saturated carbocycles. The number of nitrogen functional groups attached to an aromatic ring is 1. The Labute approximate surface area is 142 Å². The summed E-state index contributed by atoms with van der Waals surface area (Å²) in [6.45, 7) is -0.856. The van der Waals surface area contributed by atoms with E-state index >= 15 is 0 Å². The van der Waals surface area contributed by atoms with Crippen molar-refractivity contribution >= 4 is 5.82 Å². The third-order valence-corrected chi connectivity index (χ3v) is 4.33. The van der Waals surface area contributed by atoms with E-state index in [9.17, 15) is 20.1 Å². The van der Waals surface area contributed by atoms with Gasteiger partial charge >= 0.3 is 5.69 Å². The van der Waals surface area contributed by atoms with Crippen molar-refractivity contribution in [3.63, 3.8) is 0 Å². The lowest BCUT2D eigenvalue weighted by Gasteiger charge is -2.22. The van der Waals surface area contributed by atoms with Crippen LogP contribution in [0, 0.1) is 0 Å². The first kappa shape index (κ1) is 18.2. The molecule has 11 heteroatoms. The molecule has 6 N–H and O–H groups in total. The van der Waals surface area contributed by atoms with Crippen LogP contribution in [-0.4, -0.2) is 80.0 Å². The quantitative estimate of drug-likeness (QED) is 0.363. The molecular formula is C14H21N3O8. The summed E-state index contributed by atoms with van der Waals surface area (Å²) in [7, 11) is 0. The third kappa shape index (κ3) is 3.53. The van der Waals surface area contributed by atoms with Crippen LogP contribution < -0.4 is 11.4 Å². The molecule has 1 aromatic rings. The van der Waals surface area contributed by atoms with Gasteiger partial charge in [0.15, 0.2) is 6.29 Å². The van der Waals surface area contributed by atoms with E-state index in [2.05, 4.69) is 4.98 Å². The normalized spacial score (nSPS) is 38.3. The second-order valence-electron chi connectivity index (χ2n) is 5.97. The van der Waals surface area contributed by atoms with Crippen LogP contribution in [0.3, 0.4) is 0 Å². The predicted molar refractivity (Wildman–Crippen MR) is 81.2 cm³/mol. The highest BCUT2D eigenvalue weighted by molar-refractivity contribution is 5.23. The Hall–Kier alpha value is -1.60. The van der Waals surface area contributed by atoms with Crippen molar-refractivity contribution in [3.05, 3.63) is 22.7 Å². The number of nitrogens with zero attached hydrogens (tertiary/aromatic N) is 2. The molecule has 2 saturated heterocycles. The zero-order valence-corrected chi connectivity index (χ0v) is 13.2. The van der Waals surface area contributed by atoms with E-state index in [4.69, 9.17) is 25.1 Å². The molecule has 0 bridgehead atoms. The van der Waals surface area contributed by atoms with Crippen LogP contribution in [0.2, 0.25) is 0 Å². The topological polar surface area (TPSA) is 170 Å². The van der Waals surface area contributed by atoms with Crippen LogP contribution in [0.15, 0.2) is 17.1 Å². The monoisotopic (exact) mass is 359 g/mol. The zero-order valence-electron chi connectivity index (χ0n) is 13.2. The third-order valence-electron chi connectivity index (χ3n) is 4.33. The van der Waals surface area contributed by atoms with Gasteiger partial charge in [0.2, 0.25) is 0 Å². The molecule has 0 aliphatic carbocycles. The highest BCUT2D eigenvalue weighted by Crippen LogP contribution is 2.33. The van der Waals surface area contributed by atoms with Crippen molar-refractivity contribution in [2.24, 2.45) is 0 Å². The molecule has 2 aliphatic heterocycles. The molecule has 2 fully saturated rings. The van der Waals surface area contributed by atoms with Gasteiger partial charge in [0.1, 0.15) is 36.5 Å². The number of hydrogen-bond donors (Lipinski definition) is 5. The van der Waals surface area contributed by atoms with E-state index in [0.29, 0.717) is 0 Å². The average Bonchev–Trinajstić information content (AvgIpc) is 3.10. The minimum Gasteiger partial charge on any atom is -0.394 e. The molecule has 0 aromatic carbocycles. The Morgan fingerprint density at radius 2 is 1.96 bits per heavy atom. The van der Waals surface area contributed by atoms with E-state index in [-0.39, 0.29) is 18.8 Å². The molecule has 0 amide bonds. The molecular weight excluding hydrogens is 338 g/mol. The minimum atomic E-state index is -1.35. The Balaban J connectivity index is 1.71. The number of anilines is 1. The highest BCUT2D eigenvalue weighted by Gasteiger charge is 2.47. The molecule has 3 heterocycles. The van der Waals surface area contributed by atoms with Crippen molar-refractivity contribution in [1.82, 2.24) is 9.55 Å². The lowest BCUT2D eigenvalue weighted by molar-refractivity contribution is -0.204. The number of rotatable bonds is 5. The molecule has 0 unspecified atom stereocenters. The van der Waals surface area contributed by atoms with Crippen LogP contribution >= 0.6 is 0 Å². The summed E-state index contributed by atoms with van der Waals surface area (Å²) in [5.74, 6) is 0.0808. The Morgan fingerprint density at radius 3 is 2.56 bits per heavy atom. The Kier molecular flexibility index (Phi) is 5.34. The van der Waals surface area contributed by atoms with Crippen LogP contribution in [0.1, 0.15) is 12.6 Å². The Morgan fingerprint density at radius 1 is 1.24 bits per heavy atom. The molecule has 25 heavy (non-hydrogen) atoms. The molecule has 2 aliphatic rings. The van der Waals surface area contributed by atoms with Gasteiger partial charge in [0.25, 0.3) is 0 Å². The van der Waals surface area contributed by atoms with Gasteiger partial charge in [-0.3, -0.25) is 4.57 Å². The molecule has 0 radical (unpaired) electrons. The van der Waals surface area contributed by atoms with Gasteiger partial charge in [-0.25, -0.2) is 4.79 Å².